The Morgan fingerprint density at radius 1 is 1.07 bits per heavy atom. The molecule has 3 rings (SSSR count). The van der Waals surface area contributed by atoms with Crippen LogP contribution >= 0.6 is 0 Å². The number of rotatable bonds is 5. The fraction of sp³-hybridized carbons (Fsp3) is 0. The molecular formula is C19H13FN4O3. The molecule has 0 bridgehead atoms. The number of hydrazone groups is 1. The van der Waals surface area contributed by atoms with Crippen molar-refractivity contribution in [2.24, 2.45) is 5.10 Å². The summed E-state index contributed by atoms with van der Waals surface area (Å²) in [6.07, 6.45) is 5.60. The third-order valence-electron chi connectivity index (χ3n) is 3.36. The summed E-state index contributed by atoms with van der Waals surface area (Å²) in [5.74, 6) is -1.67. The molecule has 0 saturated heterocycles. The average molecular weight is 364 g/mol. The molecule has 0 saturated carbocycles. The molecule has 1 amide bonds. The summed E-state index contributed by atoms with van der Waals surface area (Å²) >= 11 is 0. The molecule has 27 heavy (non-hydrogen) atoms. The largest absolute Gasteiger partial charge is 0.423 e. The first kappa shape index (κ1) is 17.9. The van der Waals surface area contributed by atoms with E-state index < -0.39 is 17.7 Å². The highest BCUT2D eigenvalue weighted by molar-refractivity contribution is 5.93. The standard InChI is InChI=1S/C19H13FN4O3/c20-16-4-2-1-3-15(16)19(26)27-14-7-5-13(6-8-14)11-23-24-18(25)17-12-21-9-10-22-17/h1-12H,(H,24,25). The minimum Gasteiger partial charge on any atom is -0.423 e. The fourth-order valence-corrected chi connectivity index (χ4v) is 2.05. The number of aromatic nitrogens is 2. The van der Waals surface area contributed by atoms with Crippen molar-refractivity contribution in [1.29, 1.82) is 0 Å². The van der Waals surface area contributed by atoms with Gasteiger partial charge in [-0.1, -0.05) is 12.1 Å². The van der Waals surface area contributed by atoms with Crippen LogP contribution in [0.25, 0.3) is 0 Å². The van der Waals surface area contributed by atoms with Gasteiger partial charge in [-0.3, -0.25) is 9.78 Å². The van der Waals surface area contributed by atoms with E-state index in [0.29, 0.717) is 5.56 Å². The maximum absolute atomic E-state index is 13.6. The molecule has 2 aromatic carbocycles. The zero-order chi connectivity index (χ0) is 19.1. The van der Waals surface area contributed by atoms with E-state index in [1.807, 2.05) is 0 Å². The van der Waals surface area contributed by atoms with Gasteiger partial charge >= 0.3 is 5.97 Å². The fourth-order valence-electron chi connectivity index (χ4n) is 2.05. The van der Waals surface area contributed by atoms with E-state index in [4.69, 9.17) is 4.74 Å². The number of esters is 1. The number of hydrogen-bond donors (Lipinski definition) is 1. The van der Waals surface area contributed by atoms with Crippen LogP contribution in [0.5, 0.6) is 5.75 Å². The summed E-state index contributed by atoms with van der Waals surface area (Å²) in [6, 6.07) is 11.9. The quantitative estimate of drug-likeness (QED) is 0.325. The predicted octanol–water partition coefficient (Wildman–Crippen LogP) is 2.60. The predicted molar refractivity (Wildman–Crippen MR) is 94.9 cm³/mol. The van der Waals surface area contributed by atoms with Gasteiger partial charge in [0.2, 0.25) is 0 Å². The van der Waals surface area contributed by atoms with Crippen molar-refractivity contribution >= 4 is 18.1 Å². The van der Waals surface area contributed by atoms with Crippen molar-refractivity contribution < 1.29 is 18.7 Å². The van der Waals surface area contributed by atoms with Gasteiger partial charge in [0.05, 0.1) is 18.0 Å². The Balaban J connectivity index is 1.58. The van der Waals surface area contributed by atoms with Crippen LogP contribution in [0.4, 0.5) is 4.39 Å². The summed E-state index contributed by atoms with van der Waals surface area (Å²) in [5.41, 5.74) is 2.98. The zero-order valence-corrected chi connectivity index (χ0v) is 13.9. The van der Waals surface area contributed by atoms with Gasteiger partial charge in [0, 0.05) is 12.4 Å². The van der Waals surface area contributed by atoms with E-state index in [1.54, 1.807) is 18.2 Å². The Labute approximate surface area is 153 Å². The molecule has 8 heteroatoms. The van der Waals surface area contributed by atoms with Crippen LogP contribution in [-0.2, 0) is 0 Å². The lowest BCUT2D eigenvalue weighted by Crippen LogP contribution is -2.19. The summed E-state index contributed by atoms with van der Waals surface area (Å²) in [7, 11) is 0. The molecule has 0 aliphatic rings. The van der Waals surface area contributed by atoms with E-state index in [1.165, 1.54) is 55.1 Å². The molecule has 1 N–H and O–H groups in total. The number of halogens is 1. The third-order valence-corrected chi connectivity index (χ3v) is 3.36. The number of ether oxygens (including phenoxy) is 1. The van der Waals surface area contributed by atoms with E-state index >= 15 is 0 Å². The number of carbonyl (C=O) groups excluding carboxylic acids is 2. The topological polar surface area (TPSA) is 93.5 Å². The second kappa shape index (κ2) is 8.43. The minimum atomic E-state index is -0.786. The SMILES string of the molecule is O=C(NN=Cc1ccc(OC(=O)c2ccccc2F)cc1)c1cnccn1. The summed E-state index contributed by atoms with van der Waals surface area (Å²) in [6.45, 7) is 0. The lowest BCUT2D eigenvalue weighted by molar-refractivity contribution is 0.0729. The molecule has 3 aromatic rings. The van der Waals surface area contributed by atoms with Crippen LogP contribution < -0.4 is 10.2 Å². The molecule has 0 spiro atoms. The summed E-state index contributed by atoms with van der Waals surface area (Å²) in [5, 5.41) is 3.82. The number of benzene rings is 2. The van der Waals surface area contributed by atoms with Crippen LogP contribution in [0, 0.1) is 5.82 Å². The van der Waals surface area contributed by atoms with Gasteiger partial charge in [0.15, 0.2) is 0 Å². The van der Waals surface area contributed by atoms with E-state index in [9.17, 15) is 14.0 Å². The number of carbonyl (C=O) groups is 2. The van der Waals surface area contributed by atoms with Gasteiger partial charge in [-0.05, 0) is 42.0 Å². The monoisotopic (exact) mass is 364 g/mol. The molecule has 7 nitrogen and oxygen atoms in total. The normalized spacial score (nSPS) is 10.6. The minimum absolute atomic E-state index is 0.144. The second-order valence-corrected chi connectivity index (χ2v) is 5.23. The molecule has 0 fully saturated rings. The second-order valence-electron chi connectivity index (χ2n) is 5.23. The van der Waals surface area contributed by atoms with Gasteiger partial charge in [-0.2, -0.15) is 5.10 Å². The maximum Gasteiger partial charge on any atom is 0.346 e. The first-order valence-electron chi connectivity index (χ1n) is 7.79. The Morgan fingerprint density at radius 3 is 2.56 bits per heavy atom. The number of hydrogen-bond acceptors (Lipinski definition) is 6. The first-order chi connectivity index (χ1) is 13.1. The van der Waals surface area contributed by atoms with Crippen LogP contribution in [-0.4, -0.2) is 28.1 Å². The zero-order valence-electron chi connectivity index (χ0n) is 13.9. The third kappa shape index (κ3) is 4.79. The van der Waals surface area contributed by atoms with Crippen molar-refractivity contribution in [2.75, 3.05) is 0 Å². The molecule has 1 aromatic heterocycles. The van der Waals surface area contributed by atoms with E-state index in [2.05, 4.69) is 20.5 Å². The molecule has 0 unspecified atom stereocenters. The van der Waals surface area contributed by atoms with Crippen LogP contribution in [0.1, 0.15) is 26.4 Å². The highest BCUT2D eigenvalue weighted by atomic mass is 19.1. The van der Waals surface area contributed by atoms with Crippen LogP contribution in [0.3, 0.4) is 0 Å². The van der Waals surface area contributed by atoms with Crippen LogP contribution in [0.2, 0.25) is 0 Å². The van der Waals surface area contributed by atoms with Gasteiger partial charge < -0.3 is 4.74 Å². The van der Waals surface area contributed by atoms with Crippen LogP contribution in [0.15, 0.2) is 72.2 Å². The Bertz CT molecular complexity index is 976. The molecule has 0 atom stereocenters. The van der Waals surface area contributed by atoms with E-state index in [0.717, 1.165) is 0 Å². The highest BCUT2D eigenvalue weighted by Crippen LogP contribution is 2.15. The van der Waals surface area contributed by atoms with Crippen molar-refractivity contribution in [2.45, 2.75) is 0 Å². The van der Waals surface area contributed by atoms with Crippen molar-refractivity contribution in [3.63, 3.8) is 0 Å². The Kier molecular flexibility index (Phi) is 5.58. The Morgan fingerprint density at radius 2 is 1.85 bits per heavy atom. The Hall–Kier alpha value is -3.94. The van der Waals surface area contributed by atoms with Crippen molar-refractivity contribution in [3.8, 4) is 5.75 Å². The summed E-state index contributed by atoms with van der Waals surface area (Å²) < 4.78 is 18.7. The molecule has 0 aliphatic carbocycles. The van der Waals surface area contributed by atoms with Gasteiger partial charge in [-0.15, -0.1) is 0 Å². The summed E-state index contributed by atoms with van der Waals surface area (Å²) in [4.78, 5) is 31.4. The smallest absolute Gasteiger partial charge is 0.346 e. The number of nitrogens with one attached hydrogen (secondary N) is 1. The van der Waals surface area contributed by atoms with Crippen molar-refractivity contribution in [3.05, 3.63) is 89.8 Å². The lowest BCUT2D eigenvalue weighted by atomic mass is 10.2. The molecule has 1 heterocycles. The number of nitrogens with zero attached hydrogens (tertiary/aromatic N) is 3. The first-order valence-corrected chi connectivity index (χ1v) is 7.79. The maximum atomic E-state index is 13.6. The van der Waals surface area contributed by atoms with Crippen molar-refractivity contribution in [1.82, 2.24) is 15.4 Å². The van der Waals surface area contributed by atoms with Gasteiger partial charge in [-0.25, -0.2) is 19.6 Å². The molecular weight excluding hydrogens is 351 g/mol. The number of amides is 1. The van der Waals surface area contributed by atoms with E-state index in [-0.39, 0.29) is 17.0 Å². The lowest BCUT2D eigenvalue weighted by Gasteiger charge is -2.05. The van der Waals surface area contributed by atoms with Gasteiger partial charge in [0.1, 0.15) is 17.3 Å². The van der Waals surface area contributed by atoms with Gasteiger partial charge in [0.25, 0.3) is 5.91 Å². The highest BCUT2D eigenvalue weighted by Gasteiger charge is 2.13. The average Bonchev–Trinajstić information content (AvgIpc) is 2.70. The molecule has 0 aliphatic heterocycles. The molecule has 134 valence electrons. The molecule has 0 radical (unpaired) electrons.